The van der Waals surface area contributed by atoms with Gasteiger partial charge >= 0.3 is 0 Å². The number of anilines is 1. The van der Waals surface area contributed by atoms with Crippen LogP contribution in [-0.2, 0) is 0 Å². The van der Waals surface area contributed by atoms with Gasteiger partial charge in [-0.05, 0) is 33.2 Å². The van der Waals surface area contributed by atoms with Crippen molar-refractivity contribution in [1.29, 1.82) is 0 Å². The van der Waals surface area contributed by atoms with E-state index in [1.807, 2.05) is 6.92 Å². The highest BCUT2D eigenvalue weighted by atomic mass is 16.5. The number of hydrogen-bond acceptors (Lipinski definition) is 5. The molecule has 0 aliphatic rings. The molecule has 1 rings (SSSR count). The van der Waals surface area contributed by atoms with E-state index in [4.69, 9.17) is 10.5 Å². The molecule has 1 aromatic heterocycles. The van der Waals surface area contributed by atoms with Crippen LogP contribution in [0.3, 0.4) is 0 Å². The van der Waals surface area contributed by atoms with Crippen LogP contribution in [0.2, 0.25) is 0 Å². The standard InChI is InChI=1S/C12H22N4O/c1-5-12(3,6-7-13)16-10-9(2)11(17-4)15-8-14-10/h8H,5-7,13H2,1-4H3,(H,14,15,16). The summed E-state index contributed by atoms with van der Waals surface area (Å²) in [4.78, 5) is 8.32. The maximum atomic E-state index is 5.64. The quantitative estimate of drug-likeness (QED) is 0.789. The first-order chi connectivity index (χ1) is 8.06. The molecule has 3 N–H and O–H groups in total. The summed E-state index contributed by atoms with van der Waals surface area (Å²) in [5.41, 5.74) is 6.52. The van der Waals surface area contributed by atoms with Crippen molar-refractivity contribution in [1.82, 2.24) is 9.97 Å². The van der Waals surface area contributed by atoms with Crippen molar-refractivity contribution in [3.63, 3.8) is 0 Å². The zero-order valence-electron chi connectivity index (χ0n) is 11.1. The highest BCUT2D eigenvalue weighted by molar-refractivity contribution is 5.49. The molecule has 5 heteroatoms. The zero-order chi connectivity index (χ0) is 12.9. The average Bonchev–Trinajstić information content (AvgIpc) is 2.32. The van der Waals surface area contributed by atoms with Gasteiger partial charge in [0.2, 0.25) is 5.88 Å². The van der Waals surface area contributed by atoms with Gasteiger partial charge in [-0.25, -0.2) is 9.97 Å². The molecular formula is C12H22N4O. The van der Waals surface area contributed by atoms with Crippen LogP contribution >= 0.6 is 0 Å². The summed E-state index contributed by atoms with van der Waals surface area (Å²) in [6.07, 6.45) is 3.39. The lowest BCUT2D eigenvalue weighted by atomic mass is 9.94. The number of methoxy groups -OCH3 is 1. The number of nitrogens with two attached hydrogens (primary N) is 1. The van der Waals surface area contributed by atoms with E-state index in [9.17, 15) is 0 Å². The van der Waals surface area contributed by atoms with Crippen LogP contribution in [0.25, 0.3) is 0 Å². The molecule has 96 valence electrons. The molecule has 5 nitrogen and oxygen atoms in total. The average molecular weight is 238 g/mol. The number of nitrogens with zero attached hydrogens (tertiary/aromatic N) is 2. The zero-order valence-corrected chi connectivity index (χ0v) is 11.1. The summed E-state index contributed by atoms with van der Waals surface area (Å²) in [5, 5.41) is 3.44. The molecule has 0 aliphatic carbocycles. The third-order valence-electron chi connectivity index (χ3n) is 3.13. The van der Waals surface area contributed by atoms with Crippen LogP contribution in [0.4, 0.5) is 5.82 Å². The summed E-state index contributed by atoms with van der Waals surface area (Å²) in [6, 6.07) is 0. The monoisotopic (exact) mass is 238 g/mol. The first-order valence-corrected chi connectivity index (χ1v) is 5.90. The highest BCUT2D eigenvalue weighted by Gasteiger charge is 2.22. The Balaban J connectivity index is 2.93. The summed E-state index contributed by atoms with van der Waals surface area (Å²) in [7, 11) is 1.61. The van der Waals surface area contributed by atoms with Crippen LogP contribution in [0.5, 0.6) is 5.88 Å². The van der Waals surface area contributed by atoms with Crippen LogP contribution in [-0.4, -0.2) is 29.2 Å². The lowest BCUT2D eigenvalue weighted by Crippen LogP contribution is -2.37. The van der Waals surface area contributed by atoms with E-state index in [1.165, 1.54) is 6.33 Å². The van der Waals surface area contributed by atoms with Gasteiger partial charge in [0.1, 0.15) is 12.1 Å². The van der Waals surface area contributed by atoms with Crippen molar-refractivity contribution in [2.24, 2.45) is 5.73 Å². The smallest absolute Gasteiger partial charge is 0.221 e. The fraction of sp³-hybridized carbons (Fsp3) is 0.667. The summed E-state index contributed by atoms with van der Waals surface area (Å²) >= 11 is 0. The fourth-order valence-corrected chi connectivity index (χ4v) is 1.70. The SMILES string of the molecule is CCC(C)(CCN)Nc1ncnc(OC)c1C. The Labute approximate surface area is 103 Å². The normalized spacial score (nSPS) is 14.2. The molecule has 0 aromatic carbocycles. The van der Waals surface area contributed by atoms with Gasteiger partial charge in [0.15, 0.2) is 0 Å². The van der Waals surface area contributed by atoms with Gasteiger partial charge in [-0.2, -0.15) is 0 Å². The van der Waals surface area contributed by atoms with Crippen molar-refractivity contribution in [2.75, 3.05) is 19.0 Å². The Kier molecular flexibility index (Phi) is 4.69. The van der Waals surface area contributed by atoms with Crippen LogP contribution in [0, 0.1) is 6.92 Å². The van der Waals surface area contributed by atoms with Crippen molar-refractivity contribution < 1.29 is 4.74 Å². The predicted octanol–water partition coefficient (Wildman–Crippen LogP) is 1.72. The molecule has 0 bridgehead atoms. The fourth-order valence-electron chi connectivity index (χ4n) is 1.70. The first kappa shape index (κ1) is 13.7. The Morgan fingerprint density at radius 3 is 2.71 bits per heavy atom. The summed E-state index contributed by atoms with van der Waals surface area (Å²) in [6.45, 7) is 6.88. The molecule has 0 saturated carbocycles. The molecule has 17 heavy (non-hydrogen) atoms. The lowest BCUT2D eigenvalue weighted by molar-refractivity contribution is 0.393. The molecule has 0 amide bonds. The predicted molar refractivity (Wildman–Crippen MR) is 69.3 cm³/mol. The van der Waals surface area contributed by atoms with Crippen molar-refractivity contribution in [2.45, 2.75) is 39.2 Å². The van der Waals surface area contributed by atoms with Gasteiger partial charge in [-0.15, -0.1) is 0 Å². The second-order valence-corrected chi connectivity index (χ2v) is 4.43. The van der Waals surface area contributed by atoms with Gasteiger partial charge in [0.05, 0.1) is 12.7 Å². The molecule has 0 fully saturated rings. The summed E-state index contributed by atoms with van der Waals surface area (Å²) in [5.74, 6) is 1.42. The summed E-state index contributed by atoms with van der Waals surface area (Å²) < 4.78 is 5.18. The molecule has 0 saturated heterocycles. The van der Waals surface area contributed by atoms with E-state index in [0.717, 1.165) is 24.2 Å². The van der Waals surface area contributed by atoms with Gasteiger partial charge < -0.3 is 15.8 Å². The second kappa shape index (κ2) is 5.82. The molecule has 0 radical (unpaired) electrons. The topological polar surface area (TPSA) is 73.1 Å². The van der Waals surface area contributed by atoms with Crippen molar-refractivity contribution >= 4 is 5.82 Å². The Morgan fingerprint density at radius 1 is 1.47 bits per heavy atom. The molecular weight excluding hydrogens is 216 g/mol. The van der Waals surface area contributed by atoms with Gasteiger partial charge in [-0.3, -0.25) is 0 Å². The van der Waals surface area contributed by atoms with E-state index in [0.29, 0.717) is 12.4 Å². The third kappa shape index (κ3) is 3.30. The third-order valence-corrected chi connectivity index (χ3v) is 3.13. The lowest BCUT2D eigenvalue weighted by Gasteiger charge is -2.30. The molecule has 1 atom stereocenters. The van der Waals surface area contributed by atoms with E-state index in [1.54, 1.807) is 7.11 Å². The largest absolute Gasteiger partial charge is 0.481 e. The van der Waals surface area contributed by atoms with Crippen molar-refractivity contribution in [3.05, 3.63) is 11.9 Å². The van der Waals surface area contributed by atoms with Crippen LogP contribution in [0.15, 0.2) is 6.33 Å². The Bertz CT molecular complexity index is 370. The minimum absolute atomic E-state index is 0.0428. The highest BCUT2D eigenvalue weighted by Crippen LogP contribution is 2.25. The van der Waals surface area contributed by atoms with E-state index >= 15 is 0 Å². The van der Waals surface area contributed by atoms with E-state index in [2.05, 4.69) is 29.1 Å². The van der Waals surface area contributed by atoms with Crippen LogP contribution < -0.4 is 15.8 Å². The second-order valence-electron chi connectivity index (χ2n) is 4.43. The maximum absolute atomic E-state index is 5.64. The molecule has 0 spiro atoms. The Morgan fingerprint density at radius 2 is 2.18 bits per heavy atom. The Hall–Kier alpha value is -1.36. The molecule has 1 unspecified atom stereocenters. The van der Waals surface area contributed by atoms with Gasteiger partial charge in [0.25, 0.3) is 0 Å². The van der Waals surface area contributed by atoms with E-state index < -0.39 is 0 Å². The maximum Gasteiger partial charge on any atom is 0.221 e. The minimum atomic E-state index is -0.0428. The molecule has 1 heterocycles. The van der Waals surface area contributed by atoms with Crippen molar-refractivity contribution in [3.8, 4) is 5.88 Å². The number of rotatable bonds is 6. The first-order valence-electron chi connectivity index (χ1n) is 5.90. The van der Waals surface area contributed by atoms with Crippen LogP contribution in [0.1, 0.15) is 32.3 Å². The minimum Gasteiger partial charge on any atom is -0.481 e. The number of nitrogens with one attached hydrogen (secondary N) is 1. The number of hydrogen-bond donors (Lipinski definition) is 2. The molecule has 1 aromatic rings. The number of ether oxygens (including phenoxy) is 1. The van der Waals surface area contributed by atoms with E-state index in [-0.39, 0.29) is 5.54 Å². The van der Waals surface area contributed by atoms with Gasteiger partial charge in [0, 0.05) is 5.54 Å². The molecule has 0 aliphatic heterocycles. The van der Waals surface area contributed by atoms with Gasteiger partial charge in [-0.1, -0.05) is 6.92 Å². The number of aromatic nitrogens is 2.